The molecule has 3 N–H and O–H groups in total. The van der Waals surface area contributed by atoms with E-state index < -0.39 is 6.10 Å². The molecule has 0 saturated carbocycles. The van der Waals surface area contributed by atoms with E-state index in [1.165, 1.54) is 5.56 Å². The summed E-state index contributed by atoms with van der Waals surface area (Å²) >= 11 is 0. The summed E-state index contributed by atoms with van der Waals surface area (Å²) in [6.07, 6.45) is 1.54. The average Bonchev–Trinajstić information content (AvgIpc) is 2.39. The summed E-state index contributed by atoms with van der Waals surface area (Å²) in [5.41, 5.74) is 7.55. The third-order valence-electron chi connectivity index (χ3n) is 3.29. The number of aliphatic hydroxyl groups excluding tert-OH is 1. The lowest BCUT2D eigenvalue weighted by molar-refractivity contribution is 0.182. The average molecular weight is 237 g/mol. The first-order chi connectivity index (χ1) is 8.17. The van der Waals surface area contributed by atoms with E-state index in [2.05, 4.69) is 19.9 Å². The van der Waals surface area contributed by atoms with Crippen molar-refractivity contribution in [1.82, 2.24) is 0 Å². The minimum Gasteiger partial charge on any atom is -0.496 e. The van der Waals surface area contributed by atoms with Gasteiger partial charge in [-0.2, -0.15) is 0 Å². The Kier molecular flexibility index (Phi) is 5.45. The number of ether oxygens (including phenoxy) is 1. The molecule has 0 amide bonds. The van der Waals surface area contributed by atoms with Gasteiger partial charge in [-0.1, -0.05) is 19.9 Å². The Hall–Kier alpha value is -1.06. The largest absolute Gasteiger partial charge is 0.496 e. The first-order valence-corrected chi connectivity index (χ1v) is 6.23. The lowest BCUT2D eigenvalue weighted by atomic mass is 9.91. The Labute approximate surface area is 104 Å². The van der Waals surface area contributed by atoms with Gasteiger partial charge in [-0.15, -0.1) is 0 Å². The van der Waals surface area contributed by atoms with Crippen molar-refractivity contribution in [2.45, 2.75) is 38.7 Å². The predicted octanol–water partition coefficient (Wildman–Crippen LogP) is 2.59. The van der Waals surface area contributed by atoms with Crippen molar-refractivity contribution in [2.75, 3.05) is 13.7 Å². The van der Waals surface area contributed by atoms with Gasteiger partial charge in [0.1, 0.15) is 5.75 Å². The van der Waals surface area contributed by atoms with E-state index >= 15 is 0 Å². The number of aliphatic hydroxyl groups is 1. The lowest BCUT2D eigenvalue weighted by Crippen LogP contribution is -2.13. The lowest BCUT2D eigenvalue weighted by Gasteiger charge is -2.18. The Balaban J connectivity index is 3.12. The molecule has 0 heterocycles. The number of methoxy groups -OCH3 is 1. The third kappa shape index (κ3) is 3.20. The zero-order chi connectivity index (χ0) is 12.8. The molecule has 1 aromatic rings. The number of hydrogen-bond donors (Lipinski definition) is 2. The highest BCUT2D eigenvalue weighted by Crippen LogP contribution is 2.31. The summed E-state index contributed by atoms with van der Waals surface area (Å²) in [6.45, 7) is 4.57. The van der Waals surface area contributed by atoms with Crippen molar-refractivity contribution in [1.29, 1.82) is 0 Å². The molecule has 0 saturated heterocycles. The second kappa shape index (κ2) is 6.62. The predicted molar refractivity (Wildman–Crippen MR) is 70.3 cm³/mol. The summed E-state index contributed by atoms with van der Waals surface area (Å²) < 4.78 is 5.25. The Morgan fingerprint density at radius 2 is 1.94 bits per heavy atom. The third-order valence-corrected chi connectivity index (χ3v) is 3.29. The number of nitrogens with two attached hydrogens (primary N) is 1. The maximum Gasteiger partial charge on any atom is 0.124 e. The van der Waals surface area contributed by atoms with Crippen LogP contribution in [-0.4, -0.2) is 18.8 Å². The van der Waals surface area contributed by atoms with E-state index in [1.807, 2.05) is 12.1 Å². The van der Waals surface area contributed by atoms with Crippen LogP contribution in [0.15, 0.2) is 18.2 Å². The quantitative estimate of drug-likeness (QED) is 0.799. The van der Waals surface area contributed by atoms with Crippen LogP contribution < -0.4 is 10.5 Å². The second-order valence-electron chi connectivity index (χ2n) is 4.27. The van der Waals surface area contributed by atoms with E-state index in [9.17, 15) is 5.11 Å². The fourth-order valence-electron chi connectivity index (χ4n) is 2.15. The van der Waals surface area contributed by atoms with Crippen molar-refractivity contribution in [3.63, 3.8) is 0 Å². The highest BCUT2D eigenvalue weighted by molar-refractivity contribution is 5.40. The molecule has 0 aliphatic heterocycles. The molecule has 0 aliphatic carbocycles. The van der Waals surface area contributed by atoms with Crippen LogP contribution in [-0.2, 0) is 0 Å². The number of hydrogen-bond acceptors (Lipinski definition) is 3. The van der Waals surface area contributed by atoms with Gasteiger partial charge in [-0.05, 0) is 36.5 Å². The molecule has 0 aromatic heterocycles. The summed E-state index contributed by atoms with van der Waals surface area (Å²) in [4.78, 5) is 0. The minimum absolute atomic E-state index is 0.211. The fourth-order valence-corrected chi connectivity index (χ4v) is 2.15. The summed E-state index contributed by atoms with van der Waals surface area (Å²) in [7, 11) is 1.61. The van der Waals surface area contributed by atoms with E-state index in [0.29, 0.717) is 11.7 Å². The van der Waals surface area contributed by atoms with E-state index in [-0.39, 0.29) is 6.54 Å². The molecule has 0 spiro atoms. The van der Waals surface area contributed by atoms with Crippen molar-refractivity contribution in [3.8, 4) is 5.75 Å². The zero-order valence-electron chi connectivity index (χ0n) is 10.9. The molecule has 1 unspecified atom stereocenters. The first kappa shape index (κ1) is 14.0. The SMILES string of the molecule is CCC(CC)c1ccc(OC)c(C(O)CN)c1. The van der Waals surface area contributed by atoms with Crippen LogP contribution in [0.3, 0.4) is 0 Å². The molecule has 0 bridgehead atoms. The number of benzene rings is 1. The van der Waals surface area contributed by atoms with Crippen molar-refractivity contribution in [2.24, 2.45) is 5.73 Å². The molecular weight excluding hydrogens is 214 g/mol. The van der Waals surface area contributed by atoms with Crippen molar-refractivity contribution < 1.29 is 9.84 Å². The van der Waals surface area contributed by atoms with Gasteiger partial charge in [-0.25, -0.2) is 0 Å². The van der Waals surface area contributed by atoms with Gasteiger partial charge in [-0.3, -0.25) is 0 Å². The van der Waals surface area contributed by atoms with Gasteiger partial charge in [0.2, 0.25) is 0 Å². The zero-order valence-corrected chi connectivity index (χ0v) is 10.9. The maximum atomic E-state index is 9.89. The van der Waals surface area contributed by atoms with Gasteiger partial charge in [0.05, 0.1) is 13.2 Å². The van der Waals surface area contributed by atoms with Crippen molar-refractivity contribution >= 4 is 0 Å². The smallest absolute Gasteiger partial charge is 0.124 e. The molecule has 3 heteroatoms. The fraction of sp³-hybridized carbons (Fsp3) is 0.571. The van der Waals surface area contributed by atoms with E-state index in [4.69, 9.17) is 10.5 Å². The minimum atomic E-state index is -0.653. The van der Waals surface area contributed by atoms with Crippen LogP contribution in [0.2, 0.25) is 0 Å². The first-order valence-electron chi connectivity index (χ1n) is 6.23. The van der Waals surface area contributed by atoms with E-state index in [0.717, 1.165) is 18.4 Å². The Morgan fingerprint density at radius 3 is 2.41 bits per heavy atom. The molecule has 0 radical (unpaired) electrons. The second-order valence-corrected chi connectivity index (χ2v) is 4.27. The molecule has 0 fully saturated rings. The molecule has 1 rings (SSSR count). The highest BCUT2D eigenvalue weighted by Gasteiger charge is 2.15. The van der Waals surface area contributed by atoms with Gasteiger partial charge in [0, 0.05) is 12.1 Å². The van der Waals surface area contributed by atoms with Crippen LogP contribution in [0.1, 0.15) is 49.8 Å². The molecule has 3 nitrogen and oxygen atoms in total. The van der Waals surface area contributed by atoms with Gasteiger partial charge in [0.15, 0.2) is 0 Å². The van der Waals surface area contributed by atoms with Crippen LogP contribution >= 0.6 is 0 Å². The molecule has 17 heavy (non-hydrogen) atoms. The van der Waals surface area contributed by atoms with Gasteiger partial charge in [0.25, 0.3) is 0 Å². The summed E-state index contributed by atoms with van der Waals surface area (Å²) in [6, 6.07) is 6.01. The standard InChI is InChI=1S/C14H23NO2/c1-4-10(5-2)11-6-7-14(17-3)12(8-11)13(16)9-15/h6-8,10,13,16H,4-5,9,15H2,1-3H3. The van der Waals surface area contributed by atoms with Gasteiger partial charge < -0.3 is 15.6 Å². The highest BCUT2D eigenvalue weighted by atomic mass is 16.5. The topological polar surface area (TPSA) is 55.5 Å². The normalized spacial score (nSPS) is 12.8. The Bertz CT molecular complexity index is 348. The van der Waals surface area contributed by atoms with Crippen molar-refractivity contribution in [3.05, 3.63) is 29.3 Å². The molecule has 0 aliphatic rings. The Morgan fingerprint density at radius 1 is 1.29 bits per heavy atom. The van der Waals surface area contributed by atoms with Crippen LogP contribution in [0.25, 0.3) is 0 Å². The van der Waals surface area contributed by atoms with E-state index in [1.54, 1.807) is 7.11 Å². The molecular formula is C14H23NO2. The monoisotopic (exact) mass is 237 g/mol. The molecule has 1 aromatic carbocycles. The van der Waals surface area contributed by atoms with Crippen LogP contribution in [0.5, 0.6) is 5.75 Å². The van der Waals surface area contributed by atoms with Gasteiger partial charge >= 0.3 is 0 Å². The summed E-state index contributed by atoms with van der Waals surface area (Å²) in [5, 5.41) is 9.89. The van der Waals surface area contributed by atoms with Crippen LogP contribution in [0, 0.1) is 0 Å². The molecule has 1 atom stereocenters. The maximum absolute atomic E-state index is 9.89. The summed E-state index contributed by atoms with van der Waals surface area (Å²) in [5.74, 6) is 1.24. The molecule has 96 valence electrons. The van der Waals surface area contributed by atoms with Crippen LogP contribution in [0.4, 0.5) is 0 Å². The number of rotatable bonds is 6.